The molecule has 104 valence electrons. The Hall–Kier alpha value is -1.96. The highest BCUT2D eigenvalue weighted by Gasteiger charge is 2.22. The number of anilines is 1. The van der Waals surface area contributed by atoms with Crippen LogP contribution in [0.15, 0.2) is 48.5 Å². The smallest absolute Gasteiger partial charge is 0.121 e. The van der Waals surface area contributed by atoms with Crippen molar-refractivity contribution in [1.29, 1.82) is 0 Å². The minimum atomic E-state index is 0.700. The van der Waals surface area contributed by atoms with Gasteiger partial charge in [-0.3, -0.25) is 0 Å². The van der Waals surface area contributed by atoms with Crippen molar-refractivity contribution in [2.75, 3.05) is 11.9 Å². The Balaban J connectivity index is 1.59. The van der Waals surface area contributed by atoms with Gasteiger partial charge in [0.1, 0.15) is 5.75 Å². The van der Waals surface area contributed by atoms with E-state index in [9.17, 15) is 0 Å². The molecule has 1 aliphatic rings. The molecule has 0 amide bonds. The van der Waals surface area contributed by atoms with Crippen molar-refractivity contribution in [3.63, 3.8) is 0 Å². The van der Waals surface area contributed by atoms with Crippen LogP contribution in [0.3, 0.4) is 0 Å². The summed E-state index contributed by atoms with van der Waals surface area (Å²) in [4.78, 5) is 0. The van der Waals surface area contributed by atoms with Gasteiger partial charge in [-0.25, -0.2) is 0 Å². The van der Waals surface area contributed by atoms with E-state index in [1.165, 1.54) is 24.0 Å². The van der Waals surface area contributed by atoms with Crippen LogP contribution in [-0.2, 0) is 6.54 Å². The molecule has 2 nitrogen and oxygen atoms in total. The second-order valence-electron chi connectivity index (χ2n) is 5.33. The van der Waals surface area contributed by atoms with Crippen molar-refractivity contribution >= 4 is 5.69 Å². The van der Waals surface area contributed by atoms with E-state index in [0.29, 0.717) is 6.61 Å². The average Bonchev–Trinajstić information content (AvgIpc) is 3.31. The molecule has 0 heterocycles. The van der Waals surface area contributed by atoms with Crippen molar-refractivity contribution in [3.05, 3.63) is 59.7 Å². The lowest BCUT2D eigenvalue weighted by atomic mass is 10.1. The summed E-state index contributed by atoms with van der Waals surface area (Å²) in [6, 6.07) is 17.1. The van der Waals surface area contributed by atoms with E-state index < -0.39 is 0 Å². The van der Waals surface area contributed by atoms with Gasteiger partial charge in [-0.2, -0.15) is 0 Å². The predicted molar refractivity (Wildman–Crippen MR) is 83.4 cm³/mol. The summed E-state index contributed by atoms with van der Waals surface area (Å²) in [5.74, 6) is 1.75. The number of hydrogen-bond donors (Lipinski definition) is 1. The molecule has 1 fully saturated rings. The van der Waals surface area contributed by atoms with Gasteiger partial charge in [0.05, 0.1) is 6.61 Å². The molecule has 0 radical (unpaired) electrons. The highest BCUT2D eigenvalue weighted by molar-refractivity contribution is 5.48. The summed E-state index contributed by atoms with van der Waals surface area (Å²) in [5, 5.41) is 3.44. The first-order chi connectivity index (χ1) is 9.85. The molecular weight excluding hydrogens is 246 g/mol. The van der Waals surface area contributed by atoms with Crippen LogP contribution >= 0.6 is 0 Å². The third kappa shape index (κ3) is 3.32. The lowest BCUT2D eigenvalue weighted by Crippen LogP contribution is -2.00. The molecule has 0 unspecified atom stereocenters. The number of hydrogen-bond acceptors (Lipinski definition) is 2. The summed E-state index contributed by atoms with van der Waals surface area (Å²) in [6.45, 7) is 3.55. The van der Waals surface area contributed by atoms with E-state index >= 15 is 0 Å². The van der Waals surface area contributed by atoms with Crippen LogP contribution < -0.4 is 10.1 Å². The first-order valence-electron chi connectivity index (χ1n) is 7.40. The number of nitrogens with one attached hydrogen (secondary N) is 1. The molecule has 0 aromatic heterocycles. The molecule has 3 rings (SSSR count). The Morgan fingerprint density at radius 1 is 1.10 bits per heavy atom. The maximum absolute atomic E-state index is 5.51. The SMILES string of the molecule is CCOc1cccc(NCc2ccc(C3CC3)cc2)c1. The maximum atomic E-state index is 5.51. The first-order valence-corrected chi connectivity index (χ1v) is 7.40. The van der Waals surface area contributed by atoms with Gasteiger partial charge in [0.2, 0.25) is 0 Å². The van der Waals surface area contributed by atoms with E-state index in [-0.39, 0.29) is 0 Å². The molecule has 0 spiro atoms. The normalized spacial score (nSPS) is 14.1. The van der Waals surface area contributed by atoms with Crippen LogP contribution in [0.2, 0.25) is 0 Å². The molecule has 20 heavy (non-hydrogen) atoms. The van der Waals surface area contributed by atoms with Gasteiger partial charge in [-0.15, -0.1) is 0 Å². The largest absolute Gasteiger partial charge is 0.494 e. The molecule has 0 atom stereocenters. The Kier molecular flexibility index (Phi) is 3.91. The van der Waals surface area contributed by atoms with Gasteiger partial charge in [0.15, 0.2) is 0 Å². The zero-order chi connectivity index (χ0) is 13.8. The molecule has 0 aliphatic heterocycles. The standard InChI is InChI=1S/C18H21NO/c1-2-20-18-5-3-4-17(12-18)19-13-14-6-8-15(9-7-14)16-10-11-16/h3-9,12,16,19H,2,10-11,13H2,1H3. The van der Waals surface area contributed by atoms with Gasteiger partial charge >= 0.3 is 0 Å². The van der Waals surface area contributed by atoms with Crippen molar-refractivity contribution in [2.45, 2.75) is 32.2 Å². The molecule has 2 aromatic carbocycles. The van der Waals surface area contributed by atoms with E-state index in [1.54, 1.807) is 0 Å². The Labute approximate surface area is 120 Å². The molecular formula is C18H21NO. The van der Waals surface area contributed by atoms with Crippen molar-refractivity contribution in [3.8, 4) is 5.75 Å². The lowest BCUT2D eigenvalue weighted by Gasteiger charge is -2.09. The minimum absolute atomic E-state index is 0.700. The number of benzene rings is 2. The van der Waals surface area contributed by atoms with Gasteiger partial charge in [0, 0.05) is 18.3 Å². The van der Waals surface area contributed by atoms with Crippen LogP contribution in [0, 0.1) is 0 Å². The Morgan fingerprint density at radius 3 is 2.60 bits per heavy atom. The summed E-state index contributed by atoms with van der Waals surface area (Å²) < 4.78 is 5.51. The highest BCUT2D eigenvalue weighted by Crippen LogP contribution is 2.39. The Morgan fingerprint density at radius 2 is 1.90 bits per heavy atom. The second-order valence-corrected chi connectivity index (χ2v) is 5.33. The predicted octanol–water partition coefficient (Wildman–Crippen LogP) is 4.57. The maximum Gasteiger partial charge on any atom is 0.121 e. The van der Waals surface area contributed by atoms with Crippen LogP contribution in [0.4, 0.5) is 5.69 Å². The quantitative estimate of drug-likeness (QED) is 0.827. The van der Waals surface area contributed by atoms with E-state index in [4.69, 9.17) is 4.74 Å². The summed E-state index contributed by atoms with van der Waals surface area (Å²) >= 11 is 0. The van der Waals surface area contributed by atoms with E-state index in [2.05, 4.69) is 35.6 Å². The fraction of sp³-hybridized carbons (Fsp3) is 0.333. The van der Waals surface area contributed by atoms with E-state index in [0.717, 1.165) is 23.9 Å². The molecule has 1 aliphatic carbocycles. The van der Waals surface area contributed by atoms with Gasteiger partial charge in [0.25, 0.3) is 0 Å². The molecule has 1 saturated carbocycles. The van der Waals surface area contributed by atoms with Crippen LogP contribution in [0.25, 0.3) is 0 Å². The van der Waals surface area contributed by atoms with Gasteiger partial charge in [-0.1, -0.05) is 30.3 Å². The fourth-order valence-electron chi connectivity index (χ4n) is 2.39. The topological polar surface area (TPSA) is 21.3 Å². The highest BCUT2D eigenvalue weighted by atomic mass is 16.5. The lowest BCUT2D eigenvalue weighted by molar-refractivity contribution is 0.340. The van der Waals surface area contributed by atoms with Crippen molar-refractivity contribution in [1.82, 2.24) is 0 Å². The molecule has 2 aromatic rings. The number of rotatable bonds is 6. The van der Waals surface area contributed by atoms with Crippen molar-refractivity contribution in [2.24, 2.45) is 0 Å². The molecule has 2 heteroatoms. The van der Waals surface area contributed by atoms with Gasteiger partial charge < -0.3 is 10.1 Å². The van der Waals surface area contributed by atoms with Crippen LogP contribution in [0.1, 0.15) is 36.8 Å². The average molecular weight is 267 g/mol. The fourth-order valence-corrected chi connectivity index (χ4v) is 2.39. The summed E-state index contributed by atoms with van der Waals surface area (Å²) in [7, 11) is 0. The monoisotopic (exact) mass is 267 g/mol. The second kappa shape index (κ2) is 6.00. The third-order valence-corrected chi connectivity index (χ3v) is 3.67. The van der Waals surface area contributed by atoms with Crippen LogP contribution in [-0.4, -0.2) is 6.61 Å². The molecule has 0 bridgehead atoms. The van der Waals surface area contributed by atoms with Crippen molar-refractivity contribution < 1.29 is 4.74 Å². The minimum Gasteiger partial charge on any atom is -0.494 e. The van der Waals surface area contributed by atoms with Crippen LogP contribution in [0.5, 0.6) is 5.75 Å². The third-order valence-electron chi connectivity index (χ3n) is 3.67. The zero-order valence-electron chi connectivity index (χ0n) is 11.9. The molecule has 0 saturated heterocycles. The number of ether oxygens (including phenoxy) is 1. The zero-order valence-corrected chi connectivity index (χ0v) is 11.9. The first kappa shape index (κ1) is 13.0. The Bertz CT molecular complexity index is 558. The summed E-state index contributed by atoms with van der Waals surface area (Å²) in [5.41, 5.74) is 3.91. The summed E-state index contributed by atoms with van der Waals surface area (Å²) in [6.07, 6.45) is 2.73. The van der Waals surface area contributed by atoms with E-state index in [1.807, 2.05) is 25.1 Å². The van der Waals surface area contributed by atoms with Gasteiger partial charge in [-0.05, 0) is 48.9 Å². The molecule has 1 N–H and O–H groups in total.